The summed E-state index contributed by atoms with van der Waals surface area (Å²) in [6, 6.07) is 13.4. The number of Topliss-reactive ketones (excluding diaryl/α,β-unsaturated/α-hetero) is 1. The molecule has 0 saturated carbocycles. The van der Waals surface area contributed by atoms with Crippen molar-refractivity contribution in [2.24, 2.45) is 0 Å². The number of hydrogen-bond donors (Lipinski definition) is 1. The van der Waals surface area contributed by atoms with E-state index in [1.165, 1.54) is 7.11 Å². The Morgan fingerprint density at radius 3 is 1.91 bits per heavy atom. The number of aryl methyl sites for hydroxylation is 3. The Kier molecular flexibility index (Phi) is 6.23. The van der Waals surface area contributed by atoms with E-state index in [0.717, 1.165) is 44.0 Å². The second-order valence-electron chi connectivity index (χ2n) is 12.5. The molecule has 1 aliphatic carbocycles. The summed E-state index contributed by atoms with van der Waals surface area (Å²) in [6.07, 6.45) is -0.987. The number of rotatable bonds is 4. The van der Waals surface area contributed by atoms with E-state index < -0.39 is 17.3 Å². The van der Waals surface area contributed by atoms with Gasteiger partial charge in [-0.1, -0.05) is 0 Å². The molecule has 1 heterocycles. The van der Waals surface area contributed by atoms with Crippen LogP contribution in [0.2, 0.25) is 0 Å². The van der Waals surface area contributed by atoms with Crippen molar-refractivity contribution in [1.29, 1.82) is 0 Å². The molecular formula is C37H36O8. The smallest absolute Gasteiger partial charge is 0.313 e. The molecule has 1 N–H and O–H groups in total. The van der Waals surface area contributed by atoms with Crippen molar-refractivity contribution in [2.75, 3.05) is 28.4 Å². The number of phenols is 1. The first kappa shape index (κ1) is 29.0. The van der Waals surface area contributed by atoms with Gasteiger partial charge >= 0.3 is 5.79 Å². The van der Waals surface area contributed by atoms with Gasteiger partial charge in [-0.3, -0.25) is 4.79 Å². The molecule has 5 aromatic rings. The summed E-state index contributed by atoms with van der Waals surface area (Å²) in [5.41, 5.74) is 2.88. The molecule has 2 aliphatic rings. The monoisotopic (exact) mass is 608 g/mol. The summed E-state index contributed by atoms with van der Waals surface area (Å²) >= 11 is 0. The minimum Gasteiger partial charge on any atom is -0.507 e. The first-order chi connectivity index (χ1) is 21.4. The Morgan fingerprint density at radius 2 is 1.29 bits per heavy atom. The lowest BCUT2D eigenvalue weighted by Gasteiger charge is -2.50. The average molecular weight is 609 g/mol. The molecule has 1 aliphatic heterocycles. The van der Waals surface area contributed by atoms with Crippen molar-refractivity contribution < 1.29 is 38.3 Å². The highest BCUT2D eigenvalue weighted by Crippen LogP contribution is 2.58. The highest BCUT2D eigenvalue weighted by molar-refractivity contribution is 6.13. The van der Waals surface area contributed by atoms with E-state index in [1.54, 1.807) is 27.4 Å². The fourth-order valence-corrected chi connectivity index (χ4v) is 7.32. The van der Waals surface area contributed by atoms with Crippen LogP contribution < -0.4 is 23.7 Å². The lowest BCUT2D eigenvalue weighted by molar-refractivity contribution is -0.233. The summed E-state index contributed by atoms with van der Waals surface area (Å²) in [4.78, 5) is 14.5. The van der Waals surface area contributed by atoms with Crippen LogP contribution in [0, 0.1) is 20.8 Å². The molecule has 0 unspecified atom stereocenters. The molecule has 0 fully saturated rings. The van der Waals surface area contributed by atoms with Crippen LogP contribution in [-0.4, -0.2) is 45.1 Å². The summed E-state index contributed by atoms with van der Waals surface area (Å²) in [5.74, 6) is 0.974. The minimum atomic E-state index is -1.80. The number of carbonyl (C=O) groups excluding carboxylic acids is 1. The summed E-state index contributed by atoms with van der Waals surface area (Å²) in [5, 5.41) is 16.2. The number of benzene rings is 5. The van der Waals surface area contributed by atoms with Gasteiger partial charge in [-0.25, -0.2) is 0 Å². The van der Waals surface area contributed by atoms with Gasteiger partial charge in [0.05, 0.1) is 26.7 Å². The van der Waals surface area contributed by atoms with Crippen molar-refractivity contribution in [3.8, 4) is 34.5 Å². The van der Waals surface area contributed by atoms with Gasteiger partial charge in [0.15, 0.2) is 17.6 Å². The molecule has 232 valence electrons. The largest absolute Gasteiger partial charge is 0.507 e. The predicted molar refractivity (Wildman–Crippen MR) is 173 cm³/mol. The molecule has 7 rings (SSSR count). The van der Waals surface area contributed by atoms with E-state index in [-0.39, 0.29) is 11.5 Å². The highest BCUT2D eigenvalue weighted by Gasteiger charge is 2.64. The molecule has 0 bridgehead atoms. The standard InChI is InChI=1S/C37H36O8/c1-17-10-23-25(15-29(17)41-7)32-26(16-27(23)38)36(4,5)35(39)37(43-9)34(32)44-31-14-21-20(19(3)33(31)45-37)12-30(42-8)24-11-18(2)28(40-6)13-22(21)24/h10-16,34,38H,1-9H3/t34-,37-/m0/s1. The Hall–Kier alpha value is -4.69. The average Bonchev–Trinajstić information content (AvgIpc) is 3.03. The van der Waals surface area contributed by atoms with Gasteiger partial charge in [0.25, 0.3) is 0 Å². The van der Waals surface area contributed by atoms with Crippen molar-refractivity contribution in [3.05, 3.63) is 70.3 Å². The number of ketones is 1. The molecule has 0 aromatic heterocycles. The van der Waals surface area contributed by atoms with E-state index in [9.17, 15) is 9.90 Å². The van der Waals surface area contributed by atoms with Crippen LogP contribution in [0.25, 0.3) is 32.3 Å². The SMILES string of the molecule is COc1cc2c3c(cc(O)c2cc1C)C(C)(C)C(=O)[C@@]1(OC)Oc2c(cc4c(cc(OC)c5cc(C)c(OC)cc54)c2C)O[C@@H]31. The number of methoxy groups -OCH3 is 4. The zero-order chi connectivity index (χ0) is 32.2. The zero-order valence-electron chi connectivity index (χ0n) is 26.9. The number of carbonyl (C=O) groups is 1. The lowest BCUT2D eigenvalue weighted by Crippen LogP contribution is -2.63. The normalized spacial score (nSPS) is 19.8. The third-order valence-corrected chi connectivity index (χ3v) is 9.76. The van der Waals surface area contributed by atoms with Gasteiger partial charge in [-0.15, -0.1) is 0 Å². The molecule has 45 heavy (non-hydrogen) atoms. The van der Waals surface area contributed by atoms with E-state index >= 15 is 0 Å². The molecule has 0 spiro atoms. The molecule has 0 saturated heterocycles. The molecule has 0 amide bonds. The van der Waals surface area contributed by atoms with Crippen LogP contribution in [0.5, 0.6) is 34.5 Å². The molecule has 2 atom stereocenters. The first-order valence-corrected chi connectivity index (χ1v) is 14.8. The Bertz CT molecular complexity index is 2110. The van der Waals surface area contributed by atoms with Crippen molar-refractivity contribution in [3.63, 3.8) is 0 Å². The van der Waals surface area contributed by atoms with Crippen LogP contribution in [-0.2, 0) is 14.9 Å². The fourth-order valence-electron chi connectivity index (χ4n) is 7.32. The van der Waals surface area contributed by atoms with Gasteiger partial charge in [0, 0.05) is 29.0 Å². The van der Waals surface area contributed by atoms with Gasteiger partial charge in [-0.05, 0) is 115 Å². The number of fused-ring (bicyclic) bond motifs is 9. The maximum Gasteiger partial charge on any atom is 0.313 e. The second kappa shape index (κ2) is 9.65. The quantitative estimate of drug-likeness (QED) is 0.210. The third-order valence-electron chi connectivity index (χ3n) is 9.76. The summed E-state index contributed by atoms with van der Waals surface area (Å²) < 4.78 is 36.9. The maximum atomic E-state index is 14.5. The van der Waals surface area contributed by atoms with E-state index in [4.69, 9.17) is 28.4 Å². The van der Waals surface area contributed by atoms with Gasteiger partial charge in [0.2, 0.25) is 5.78 Å². The number of ether oxygens (including phenoxy) is 6. The van der Waals surface area contributed by atoms with E-state index in [0.29, 0.717) is 44.9 Å². The summed E-state index contributed by atoms with van der Waals surface area (Å²) in [6.45, 7) is 9.50. The zero-order valence-corrected chi connectivity index (χ0v) is 26.9. The molecule has 0 radical (unpaired) electrons. The van der Waals surface area contributed by atoms with Crippen molar-refractivity contribution in [2.45, 2.75) is 51.9 Å². The molecule has 8 nitrogen and oxygen atoms in total. The predicted octanol–water partition coefficient (Wildman–Crippen LogP) is 7.52. The van der Waals surface area contributed by atoms with Gasteiger partial charge < -0.3 is 33.5 Å². The van der Waals surface area contributed by atoms with Crippen LogP contribution in [0.1, 0.15) is 47.8 Å². The van der Waals surface area contributed by atoms with Crippen molar-refractivity contribution in [1.82, 2.24) is 0 Å². The summed E-state index contributed by atoms with van der Waals surface area (Å²) in [7, 11) is 6.38. The fraction of sp³-hybridized carbons (Fsp3) is 0.324. The molecular weight excluding hydrogens is 572 g/mol. The van der Waals surface area contributed by atoms with Gasteiger partial charge in [0.1, 0.15) is 23.0 Å². The lowest BCUT2D eigenvalue weighted by atomic mass is 9.66. The molecule has 5 aromatic carbocycles. The van der Waals surface area contributed by atoms with E-state index in [1.807, 2.05) is 65.0 Å². The van der Waals surface area contributed by atoms with Crippen molar-refractivity contribution >= 4 is 38.1 Å². The Balaban J connectivity index is 1.56. The number of phenolic OH excluding ortho intramolecular Hbond substituents is 1. The van der Waals surface area contributed by atoms with Crippen LogP contribution >= 0.6 is 0 Å². The van der Waals surface area contributed by atoms with Gasteiger partial charge in [-0.2, -0.15) is 0 Å². The topological polar surface area (TPSA) is 92.7 Å². The number of hydrogen-bond acceptors (Lipinski definition) is 8. The Morgan fingerprint density at radius 1 is 0.711 bits per heavy atom. The van der Waals surface area contributed by atoms with Crippen LogP contribution in [0.15, 0.2) is 42.5 Å². The third kappa shape index (κ3) is 3.72. The second-order valence-corrected chi connectivity index (χ2v) is 12.5. The minimum absolute atomic E-state index is 0.0731. The first-order valence-electron chi connectivity index (χ1n) is 14.8. The highest BCUT2D eigenvalue weighted by atomic mass is 16.7. The van der Waals surface area contributed by atoms with E-state index in [2.05, 4.69) is 6.07 Å². The van der Waals surface area contributed by atoms with Crippen LogP contribution in [0.4, 0.5) is 0 Å². The Labute approximate surface area is 261 Å². The maximum absolute atomic E-state index is 14.5. The molecule has 8 heteroatoms. The van der Waals surface area contributed by atoms with Crippen LogP contribution in [0.3, 0.4) is 0 Å². The number of aromatic hydroxyl groups is 1.